The van der Waals surface area contributed by atoms with Gasteiger partial charge in [0.1, 0.15) is 5.82 Å². The van der Waals surface area contributed by atoms with Crippen LogP contribution in [0.3, 0.4) is 0 Å². The van der Waals surface area contributed by atoms with Gasteiger partial charge in [-0.25, -0.2) is 4.98 Å². The van der Waals surface area contributed by atoms with Gasteiger partial charge >= 0.3 is 5.97 Å². The van der Waals surface area contributed by atoms with Crippen LogP contribution in [0.2, 0.25) is 0 Å². The van der Waals surface area contributed by atoms with Gasteiger partial charge < -0.3 is 5.11 Å². The van der Waals surface area contributed by atoms with Crippen LogP contribution >= 0.6 is 0 Å². The number of carboxylic acids is 1. The van der Waals surface area contributed by atoms with E-state index < -0.39 is 5.97 Å². The van der Waals surface area contributed by atoms with Crippen LogP contribution in [0, 0.1) is 11.8 Å². The lowest BCUT2D eigenvalue weighted by Gasteiger charge is -2.14. The molecule has 0 aliphatic heterocycles. The van der Waals surface area contributed by atoms with Gasteiger partial charge in [-0.2, -0.15) is 5.10 Å². The van der Waals surface area contributed by atoms with Crippen molar-refractivity contribution in [2.45, 2.75) is 50.9 Å². The summed E-state index contributed by atoms with van der Waals surface area (Å²) >= 11 is 0. The van der Waals surface area contributed by atoms with Gasteiger partial charge in [-0.05, 0) is 31.6 Å². The zero-order valence-electron chi connectivity index (χ0n) is 11.5. The lowest BCUT2D eigenvalue weighted by molar-refractivity contribution is -0.142. The molecule has 0 bridgehead atoms. The molecule has 0 aromatic carbocycles. The SMILES string of the molecule is CCC1CC(C(=O)O)C(c2nc(C3CC3)nn2C)C1. The standard InChI is InChI=1S/C14H21N3O2/c1-3-8-6-10(11(7-8)14(18)19)13-15-12(9-4-5-9)16-17(13)2/h8-11H,3-7H2,1-2H3,(H,18,19). The molecule has 2 saturated carbocycles. The Morgan fingerprint density at radius 3 is 2.74 bits per heavy atom. The first-order valence-electron chi connectivity index (χ1n) is 7.23. The van der Waals surface area contributed by atoms with E-state index in [-0.39, 0.29) is 11.8 Å². The number of aliphatic carboxylic acids is 1. The lowest BCUT2D eigenvalue weighted by atomic mass is 9.95. The van der Waals surface area contributed by atoms with Gasteiger partial charge in [-0.1, -0.05) is 13.3 Å². The summed E-state index contributed by atoms with van der Waals surface area (Å²) in [5, 5.41) is 13.9. The summed E-state index contributed by atoms with van der Waals surface area (Å²) in [7, 11) is 1.90. The van der Waals surface area contributed by atoms with E-state index >= 15 is 0 Å². The largest absolute Gasteiger partial charge is 0.481 e. The Kier molecular flexibility index (Phi) is 3.07. The molecule has 3 rings (SSSR count). The van der Waals surface area contributed by atoms with Crippen molar-refractivity contribution in [2.75, 3.05) is 0 Å². The highest BCUT2D eigenvalue weighted by Crippen LogP contribution is 2.45. The van der Waals surface area contributed by atoms with E-state index in [9.17, 15) is 9.90 Å². The molecule has 0 spiro atoms. The summed E-state index contributed by atoms with van der Waals surface area (Å²) in [6.07, 6.45) is 5.11. The third-order valence-electron chi connectivity index (χ3n) is 4.64. The molecule has 19 heavy (non-hydrogen) atoms. The summed E-state index contributed by atoms with van der Waals surface area (Å²) < 4.78 is 1.81. The van der Waals surface area contributed by atoms with Gasteiger partial charge in [-0.3, -0.25) is 9.48 Å². The molecule has 0 radical (unpaired) electrons. The first-order valence-corrected chi connectivity index (χ1v) is 7.23. The number of aryl methyl sites for hydroxylation is 1. The number of hydrogen-bond donors (Lipinski definition) is 1. The Bertz CT molecular complexity index is 493. The van der Waals surface area contributed by atoms with Gasteiger partial charge in [0.05, 0.1) is 5.92 Å². The van der Waals surface area contributed by atoms with E-state index in [1.807, 2.05) is 11.7 Å². The number of aromatic nitrogens is 3. The highest BCUT2D eigenvalue weighted by Gasteiger charge is 2.42. The third-order valence-corrected chi connectivity index (χ3v) is 4.64. The first-order chi connectivity index (χ1) is 9.10. The predicted octanol–water partition coefficient (Wildman–Crippen LogP) is 2.30. The summed E-state index contributed by atoms with van der Waals surface area (Å²) in [6.45, 7) is 2.14. The maximum absolute atomic E-state index is 11.5. The Labute approximate surface area is 113 Å². The molecule has 1 aromatic heterocycles. The maximum atomic E-state index is 11.5. The van der Waals surface area contributed by atoms with Crippen LogP contribution < -0.4 is 0 Å². The second-order valence-electron chi connectivity index (χ2n) is 6.02. The topological polar surface area (TPSA) is 68.0 Å². The zero-order valence-corrected chi connectivity index (χ0v) is 11.5. The second-order valence-corrected chi connectivity index (χ2v) is 6.02. The number of rotatable bonds is 4. The molecule has 5 nitrogen and oxygen atoms in total. The lowest BCUT2D eigenvalue weighted by Crippen LogP contribution is -2.19. The minimum Gasteiger partial charge on any atom is -0.481 e. The van der Waals surface area contributed by atoms with Crippen molar-refractivity contribution in [1.82, 2.24) is 14.8 Å². The number of hydrogen-bond acceptors (Lipinski definition) is 3. The maximum Gasteiger partial charge on any atom is 0.307 e. The van der Waals surface area contributed by atoms with E-state index in [4.69, 9.17) is 0 Å². The van der Waals surface area contributed by atoms with Crippen molar-refractivity contribution >= 4 is 5.97 Å². The van der Waals surface area contributed by atoms with Crippen molar-refractivity contribution in [3.05, 3.63) is 11.6 Å². The Morgan fingerprint density at radius 1 is 1.42 bits per heavy atom. The van der Waals surface area contributed by atoms with Crippen LogP contribution in [0.5, 0.6) is 0 Å². The molecule has 5 heteroatoms. The fourth-order valence-electron chi connectivity index (χ4n) is 3.29. The van der Waals surface area contributed by atoms with Crippen LogP contribution in [0.4, 0.5) is 0 Å². The van der Waals surface area contributed by atoms with E-state index in [1.165, 1.54) is 12.8 Å². The fraction of sp³-hybridized carbons (Fsp3) is 0.786. The van der Waals surface area contributed by atoms with Crippen molar-refractivity contribution in [2.24, 2.45) is 18.9 Å². The van der Waals surface area contributed by atoms with E-state index in [0.29, 0.717) is 11.8 Å². The van der Waals surface area contributed by atoms with E-state index in [1.54, 1.807) is 0 Å². The predicted molar refractivity (Wildman–Crippen MR) is 69.9 cm³/mol. The second kappa shape index (κ2) is 4.62. The highest BCUT2D eigenvalue weighted by molar-refractivity contribution is 5.71. The zero-order chi connectivity index (χ0) is 13.6. The molecule has 1 N–H and O–H groups in total. The van der Waals surface area contributed by atoms with Gasteiger partial charge in [0.25, 0.3) is 0 Å². The molecule has 1 aromatic rings. The summed E-state index contributed by atoms with van der Waals surface area (Å²) in [6, 6.07) is 0. The summed E-state index contributed by atoms with van der Waals surface area (Å²) in [4.78, 5) is 16.1. The molecule has 2 aliphatic rings. The molecule has 2 fully saturated rings. The minimum atomic E-state index is -0.683. The van der Waals surface area contributed by atoms with Gasteiger partial charge in [0, 0.05) is 18.9 Å². The number of nitrogens with zero attached hydrogens (tertiary/aromatic N) is 3. The number of carbonyl (C=O) groups is 1. The van der Waals surface area contributed by atoms with Gasteiger partial charge in [0.2, 0.25) is 0 Å². The van der Waals surface area contributed by atoms with Crippen LogP contribution in [0.25, 0.3) is 0 Å². The summed E-state index contributed by atoms with van der Waals surface area (Å²) in [5.41, 5.74) is 0. The van der Waals surface area contributed by atoms with Gasteiger partial charge in [-0.15, -0.1) is 0 Å². The summed E-state index contributed by atoms with van der Waals surface area (Å²) in [5.74, 6) is 1.88. The van der Waals surface area contributed by atoms with Crippen molar-refractivity contribution in [3.8, 4) is 0 Å². The quantitative estimate of drug-likeness (QED) is 0.905. The smallest absolute Gasteiger partial charge is 0.307 e. The van der Waals surface area contributed by atoms with Crippen LogP contribution in [0.1, 0.15) is 62.5 Å². The van der Waals surface area contributed by atoms with Crippen LogP contribution in [-0.2, 0) is 11.8 Å². The Morgan fingerprint density at radius 2 is 2.16 bits per heavy atom. The molecule has 3 unspecified atom stereocenters. The normalized spacial score (nSPS) is 30.7. The van der Waals surface area contributed by atoms with E-state index in [0.717, 1.165) is 30.9 Å². The van der Waals surface area contributed by atoms with Crippen LogP contribution in [-0.4, -0.2) is 25.8 Å². The van der Waals surface area contributed by atoms with Gasteiger partial charge in [0.15, 0.2) is 5.82 Å². The van der Waals surface area contributed by atoms with Crippen molar-refractivity contribution in [3.63, 3.8) is 0 Å². The molecule has 0 saturated heterocycles. The average Bonchev–Trinajstić information content (AvgIpc) is 3.01. The minimum absolute atomic E-state index is 0.0347. The Hall–Kier alpha value is -1.39. The first kappa shape index (κ1) is 12.6. The molecular formula is C14H21N3O2. The van der Waals surface area contributed by atoms with Crippen molar-refractivity contribution < 1.29 is 9.90 Å². The highest BCUT2D eigenvalue weighted by atomic mass is 16.4. The molecule has 104 valence electrons. The molecular weight excluding hydrogens is 242 g/mol. The third kappa shape index (κ3) is 2.26. The van der Waals surface area contributed by atoms with Crippen molar-refractivity contribution in [1.29, 1.82) is 0 Å². The fourth-order valence-corrected chi connectivity index (χ4v) is 3.29. The Balaban J connectivity index is 1.88. The number of carboxylic acid groups (broad SMARTS) is 1. The molecule has 0 amide bonds. The van der Waals surface area contributed by atoms with Crippen LogP contribution in [0.15, 0.2) is 0 Å². The molecule has 1 heterocycles. The van der Waals surface area contributed by atoms with E-state index in [2.05, 4.69) is 17.0 Å². The monoisotopic (exact) mass is 263 g/mol. The molecule has 3 atom stereocenters. The molecule has 2 aliphatic carbocycles. The average molecular weight is 263 g/mol.